The van der Waals surface area contributed by atoms with Gasteiger partial charge in [0.15, 0.2) is 0 Å². The fraction of sp³-hybridized carbons (Fsp3) is 0.481. The summed E-state index contributed by atoms with van der Waals surface area (Å²) in [5, 5.41) is 2.88. The van der Waals surface area contributed by atoms with E-state index < -0.39 is 27.8 Å². The Balaban J connectivity index is 2.21. The topological polar surface area (TPSA) is 86.8 Å². The van der Waals surface area contributed by atoms with Crippen molar-refractivity contribution in [2.45, 2.75) is 71.8 Å². The second-order valence-electron chi connectivity index (χ2n) is 9.49. The van der Waals surface area contributed by atoms with E-state index in [2.05, 4.69) is 5.32 Å². The number of amides is 2. The third-order valence-electron chi connectivity index (χ3n) is 6.26. The quantitative estimate of drug-likeness (QED) is 0.404. The van der Waals surface area contributed by atoms with Crippen molar-refractivity contribution in [1.82, 2.24) is 10.2 Å². The molecule has 0 radical (unpaired) electrons. The first-order valence-electron chi connectivity index (χ1n) is 12.4. The van der Waals surface area contributed by atoms with Crippen molar-refractivity contribution < 1.29 is 31.2 Å². The van der Waals surface area contributed by atoms with Gasteiger partial charge in [0, 0.05) is 25.6 Å². The highest BCUT2D eigenvalue weighted by Gasteiger charge is 2.32. The fourth-order valence-electron chi connectivity index (χ4n) is 3.78. The number of carbonyl (C=O) groups excluding carboxylic acids is 2. The van der Waals surface area contributed by atoms with Crippen LogP contribution in [0.2, 0.25) is 0 Å². The normalized spacial score (nSPS) is 13.5. The van der Waals surface area contributed by atoms with E-state index in [0.717, 1.165) is 46.3 Å². The van der Waals surface area contributed by atoms with Gasteiger partial charge in [-0.1, -0.05) is 42.8 Å². The number of aryl methyl sites for hydroxylation is 1. The summed E-state index contributed by atoms with van der Waals surface area (Å²) in [5.74, 6) is -0.670. The smallest absolute Gasteiger partial charge is 0.352 e. The molecule has 1 N–H and O–H groups in total. The zero-order valence-corrected chi connectivity index (χ0v) is 23.2. The molecule has 0 aliphatic carbocycles. The number of carbonyl (C=O) groups is 2. The second kappa shape index (κ2) is 13.1. The molecule has 0 saturated carbocycles. The van der Waals surface area contributed by atoms with Crippen molar-refractivity contribution in [2.24, 2.45) is 0 Å². The predicted octanol–water partition coefficient (Wildman–Crippen LogP) is 4.89. The first-order valence-corrected chi connectivity index (χ1v) is 14.3. The summed E-state index contributed by atoms with van der Waals surface area (Å²) < 4.78 is 65.2. The van der Waals surface area contributed by atoms with Crippen LogP contribution in [0.15, 0.2) is 48.5 Å². The Bertz CT molecular complexity index is 1200. The Morgan fingerprint density at radius 1 is 1.05 bits per heavy atom. The van der Waals surface area contributed by atoms with Crippen molar-refractivity contribution in [2.75, 3.05) is 17.1 Å². The van der Waals surface area contributed by atoms with E-state index in [-0.39, 0.29) is 49.5 Å². The molecule has 0 unspecified atom stereocenters. The Morgan fingerprint density at radius 2 is 1.68 bits per heavy atom. The third-order valence-corrected chi connectivity index (χ3v) is 7.45. The molecule has 0 bridgehead atoms. The van der Waals surface area contributed by atoms with Crippen LogP contribution in [0.4, 0.5) is 18.9 Å². The molecule has 0 fully saturated rings. The Morgan fingerprint density at radius 3 is 2.24 bits per heavy atom. The van der Waals surface area contributed by atoms with Gasteiger partial charge >= 0.3 is 6.18 Å². The second-order valence-corrected chi connectivity index (χ2v) is 11.4. The number of alkyl halides is 3. The molecule has 2 amide bonds. The van der Waals surface area contributed by atoms with Gasteiger partial charge in [-0.3, -0.25) is 13.9 Å². The number of hydrogen-bond acceptors (Lipinski definition) is 4. The molecule has 0 saturated heterocycles. The van der Waals surface area contributed by atoms with Gasteiger partial charge in [-0.2, -0.15) is 13.2 Å². The van der Waals surface area contributed by atoms with Crippen LogP contribution in [-0.4, -0.2) is 50.0 Å². The van der Waals surface area contributed by atoms with Gasteiger partial charge in [0.1, 0.15) is 6.04 Å². The highest BCUT2D eigenvalue weighted by molar-refractivity contribution is 7.92. The number of nitrogens with one attached hydrogen (secondary N) is 1. The molecule has 2 rings (SSSR count). The lowest BCUT2D eigenvalue weighted by Crippen LogP contribution is -2.49. The summed E-state index contributed by atoms with van der Waals surface area (Å²) in [7, 11) is -3.92. The number of hydrogen-bond donors (Lipinski definition) is 1. The maximum absolute atomic E-state index is 13.3. The Kier molecular flexibility index (Phi) is 10.8. The van der Waals surface area contributed by atoms with Gasteiger partial charge in [0.2, 0.25) is 21.8 Å². The standard InChI is InChI=1S/C27H36F3N3O4S/c1-6-20(3)31-26(35)21(4)32(18-22-14-12-19(2)13-15-22)25(34)11-8-16-33(38(5,36)37)24-10-7-9-23(17-24)27(28,29)30/h7,9-10,12-15,17,20-21H,6,8,11,16,18H2,1-5H3,(H,31,35)/t20-,21+/m1/s1. The average Bonchev–Trinajstić information content (AvgIpc) is 2.84. The molecule has 38 heavy (non-hydrogen) atoms. The largest absolute Gasteiger partial charge is 0.416 e. The SMILES string of the molecule is CC[C@@H](C)NC(=O)[C@H](C)N(Cc1ccc(C)cc1)C(=O)CCCN(c1cccc(C(F)(F)F)c1)S(C)(=O)=O. The van der Waals surface area contributed by atoms with Crippen LogP contribution in [0.3, 0.4) is 0 Å². The molecule has 0 aromatic heterocycles. The minimum Gasteiger partial charge on any atom is -0.352 e. The van der Waals surface area contributed by atoms with Gasteiger partial charge in [-0.15, -0.1) is 0 Å². The van der Waals surface area contributed by atoms with Gasteiger partial charge in [0.05, 0.1) is 17.5 Å². The summed E-state index contributed by atoms with van der Waals surface area (Å²) in [4.78, 5) is 27.6. The molecule has 2 aromatic rings. The lowest BCUT2D eigenvalue weighted by molar-refractivity contribution is -0.140. The molecule has 0 aliphatic heterocycles. The highest BCUT2D eigenvalue weighted by atomic mass is 32.2. The minimum absolute atomic E-state index is 0.0479. The molecular formula is C27H36F3N3O4S. The number of rotatable bonds is 12. The summed E-state index contributed by atoms with van der Waals surface area (Å²) >= 11 is 0. The average molecular weight is 556 g/mol. The molecule has 0 heterocycles. The van der Waals surface area contributed by atoms with Gasteiger partial charge < -0.3 is 10.2 Å². The Labute approximate surface area is 223 Å². The van der Waals surface area contributed by atoms with E-state index in [1.54, 1.807) is 6.92 Å². The van der Waals surface area contributed by atoms with Crippen LogP contribution >= 0.6 is 0 Å². The van der Waals surface area contributed by atoms with E-state index in [0.29, 0.717) is 0 Å². The van der Waals surface area contributed by atoms with E-state index >= 15 is 0 Å². The molecule has 0 aliphatic rings. The number of sulfonamides is 1. The molecule has 7 nitrogen and oxygen atoms in total. The van der Waals surface area contributed by atoms with E-state index in [1.165, 1.54) is 11.0 Å². The molecule has 2 atom stereocenters. The van der Waals surface area contributed by atoms with E-state index in [4.69, 9.17) is 0 Å². The maximum Gasteiger partial charge on any atom is 0.416 e. The number of benzene rings is 2. The summed E-state index contributed by atoms with van der Waals surface area (Å²) in [6.45, 7) is 7.35. The molecular weight excluding hydrogens is 519 g/mol. The number of anilines is 1. The van der Waals surface area contributed by atoms with Crippen LogP contribution in [-0.2, 0) is 32.3 Å². The van der Waals surface area contributed by atoms with Gasteiger partial charge in [0.25, 0.3) is 0 Å². The lowest BCUT2D eigenvalue weighted by atomic mass is 10.1. The molecule has 0 spiro atoms. The van der Waals surface area contributed by atoms with Gasteiger partial charge in [-0.05, 0) is 57.4 Å². The highest BCUT2D eigenvalue weighted by Crippen LogP contribution is 2.32. The molecule has 11 heteroatoms. The van der Waals surface area contributed by atoms with Crippen molar-refractivity contribution in [3.8, 4) is 0 Å². The van der Waals surface area contributed by atoms with Crippen molar-refractivity contribution >= 4 is 27.5 Å². The summed E-state index contributed by atoms with van der Waals surface area (Å²) in [6.07, 6.45) is -3.05. The van der Waals surface area contributed by atoms with E-state index in [9.17, 15) is 31.2 Å². The zero-order chi connectivity index (χ0) is 28.7. The zero-order valence-electron chi connectivity index (χ0n) is 22.4. The van der Waals surface area contributed by atoms with Crippen molar-refractivity contribution in [3.63, 3.8) is 0 Å². The fourth-order valence-corrected chi connectivity index (χ4v) is 4.74. The Hall–Kier alpha value is -3.08. The lowest BCUT2D eigenvalue weighted by Gasteiger charge is -2.30. The van der Waals surface area contributed by atoms with Crippen LogP contribution in [0.5, 0.6) is 0 Å². The van der Waals surface area contributed by atoms with E-state index in [1.807, 2.05) is 45.0 Å². The number of nitrogens with zero attached hydrogens (tertiary/aromatic N) is 2. The summed E-state index contributed by atoms with van der Waals surface area (Å²) in [6, 6.07) is 10.7. The van der Waals surface area contributed by atoms with Crippen LogP contribution in [0.1, 0.15) is 56.7 Å². The first-order chi connectivity index (χ1) is 17.6. The monoisotopic (exact) mass is 555 g/mol. The van der Waals surface area contributed by atoms with Crippen molar-refractivity contribution in [1.29, 1.82) is 0 Å². The van der Waals surface area contributed by atoms with Crippen LogP contribution in [0.25, 0.3) is 0 Å². The number of halogens is 3. The molecule has 2 aromatic carbocycles. The predicted molar refractivity (Wildman–Crippen MR) is 142 cm³/mol. The molecule has 210 valence electrons. The van der Waals surface area contributed by atoms with Crippen molar-refractivity contribution in [3.05, 3.63) is 65.2 Å². The minimum atomic E-state index is -4.63. The van der Waals surface area contributed by atoms with Crippen LogP contribution < -0.4 is 9.62 Å². The maximum atomic E-state index is 13.3. The first kappa shape index (κ1) is 31.1. The third kappa shape index (κ3) is 9.04. The summed E-state index contributed by atoms with van der Waals surface area (Å²) in [5.41, 5.74) is 0.774. The van der Waals surface area contributed by atoms with Crippen LogP contribution in [0, 0.1) is 6.92 Å². The van der Waals surface area contributed by atoms with Gasteiger partial charge in [-0.25, -0.2) is 8.42 Å².